The van der Waals surface area contributed by atoms with Crippen molar-refractivity contribution < 1.29 is 22.4 Å². The van der Waals surface area contributed by atoms with Crippen LogP contribution in [0.25, 0.3) is 0 Å². The third-order valence-electron chi connectivity index (χ3n) is 1.72. The zero-order chi connectivity index (χ0) is 11.8. The molecule has 1 amide bonds. The summed E-state index contributed by atoms with van der Waals surface area (Å²) >= 11 is 0. The molecule has 0 bridgehead atoms. The van der Waals surface area contributed by atoms with Crippen LogP contribution in [0.2, 0.25) is 0 Å². The summed E-state index contributed by atoms with van der Waals surface area (Å²) in [4.78, 5) is 10.7. The van der Waals surface area contributed by atoms with E-state index in [-0.39, 0.29) is 6.07 Å². The summed E-state index contributed by atoms with van der Waals surface area (Å²) in [6.07, 6.45) is -4.82. The van der Waals surface area contributed by atoms with Crippen LogP contribution in [-0.4, -0.2) is 5.91 Å². The Labute approximate surface area is 81.7 Å². The van der Waals surface area contributed by atoms with Gasteiger partial charge in [-0.05, 0) is 12.1 Å². The van der Waals surface area contributed by atoms with Gasteiger partial charge in [-0.1, -0.05) is 0 Å². The van der Waals surface area contributed by atoms with Crippen LogP contribution in [-0.2, 0) is 6.18 Å². The van der Waals surface area contributed by atoms with Gasteiger partial charge in [-0.25, -0.2) is 4.39 Å². The molecule has 0 heterocycles. The van der Waals surface area contributed by atoms with Gasteiger partial charge in [-0.15, -0.1) is 0 Å². The second-order valence-electron chi connectivity index (χ2n) is 2.78. The Morgan fingerprint density at radius 3 is 2.20 bits per heavy atom. The van der Waals surface area contributed by atoms with Crippen molar-refractivity contribution in [2.75, 3.05) is 5.73 Å². The fraction of sp³-hybridized carbons (Fsp3) is 0.125. The summed E-state index contributed by atoms with van der Waals surface area (Å²) in [6, 6.07) is 0.772. The SMILES string of the molecule is NC(=O)c1cc(F)cc(C(F)(F)F)c1N. The smallest absolute Gasteiger partial charge is 0.398 e. The standard InChI is InChI=1S/C8H6F4N2O/c9-3-1-4(7(14)15)6(13)5(2-3)8(10,11)12/h1-2H,13H2,(H2,14,15). The van der Waals surface area contributed by atoms with Crippen LogP contribution in [0.15, 0.2) is 12.1 Å². The maximum atomic E-state index is 12.7. The normalized spacial score (nSPS) is 11.5. The van der Waals surface area contributed by atoms with Gasteiger partial charge in [0.1, 0.15) is 5.82 Å². The van der Waals surface area contributed by atoms with Gasteiger partial charge in [0.05, 0.1) is 16.8 Å². The maximum Gasteiger partial charge on any atom is 0.418 e. The van der Waals surface area contributed by atoms with E-state index in [1.54, 1.807) is 0 Å². The number of rotatable bonds is 1. The molecular weight excluding hydrogens is 216 g/mol. The molecule has 0 saturated heterocycles. The number of benzene rings is 1. The molecule has 0 aliphatic rings. The minimum absolute atomic E-state index is 0.210. The highest BCUT2D eigenvalue weighted by Gasteiger charge is 2.35. The molecule has 0 aliphatic heterocycles. The first kappa shape index (κ1) is 11.3. The summed E-state index contributed by atoms with van der Waals surface area (Å²) in [5, 5.41) is 0. The molecule has 82 valence electrons. The average molecular weight is 222 g/mol. The monoisotopic (exact) mass is 222 g/mol. The molecule has 15 heavy (non-hydrogen) atoms. The summed E-state index contributed by atoms with van der Waals surface area (Å²) < 4.78 is 49.6. The second-order valence-corrected chi connectivity index (χ2v) is 2.78. The van der Waals surface area contributed by atoms with Gasteiger partial charge in [-0.2, -0.15) is 13.2 Å². The minimum Gasteiger partial charge on any atom is -0.398 e. The Morgan fingerprint density at radius 1 is 1.27 bits per heavy atom. The lowest BCUT2D eigenvalue weighted by atomic mass is 10.1. The highest BCUT2D eigenvalue weighted by atomic mass is 19.4. The summed E-state index contributed by atoms with van der Waals surface area (Å²) in [7, 11) is 0. The molecular formula is C8H6F4N2O. The number of nitrogens with two attached hydrogens (primary N) is 2. The predicted octanol–water partition coefficient (Wildman–Crippen LogP) is 1.53. The van der Waals surface area contributed by atoms with Gasteiger partial charge in [0.2, 0.25) is 0 Å². The lowest BCUT2D eigenvalue weighted by Gasteiger charge is -2.12. The van der Waals surface area contributed by atoms with Crippen molar-refractivity contribution in [1.29, 1.82) is 0 Å². The van der Waals surface area contributed by atoms with Crippen LogP contribution in [0.3, 0.4) is 0 Å². The number of nitrogen functional groups attached to an aromatic ring is 1. The van der Waals surface area contributed by atoms with E-state index in [0.717, 1.165) is 0 Å². The second kappa shape index (κ2) is 3.41. The van der Waals surface area contributed by atoms with Gasteiger partial charge in [-0.3, -0.25) is 4.79 Å². The third-order valence-corrected chi connectivity index (χ3v) is 1.72. The largest absolute Gasteiger partial charge is 0.418 e. The maximum absolute atomic E-state index is 12.7. The third kappa shape index (κ3) is 2.17. The van der Waals surface area contributed by atoms with E-state index in [0.29, 0.717) is 6.07 Å². The summed E-state index contributed by atoms with van der Waals surface area (Å²) in [6.45, 7) is 0. The van der Waals surface area contributed by atoms with Gasteiger partial charge in [0.25, 0.3) is 5.91 Å². The van der Waals surface area contributed by atoms with Crippen LogP contribution < -0.4 is 11.5 Å². The Bertz CT molecular complexity index is 414. The molecule has 0 radical (unpaired) electrons. The molecule has 0 aliphatic carbocycles. The summed E-state index contributed by atoms with van der Waals surface area (Å²) in [5.74, 6) is -2.43. The first-order valence-electron chi connectivity index (χ1n) is 3.69. The van der Waals surface area contributed by atoms with Crippen molar-refractivity contribution in [2.45, 2.75) is 6.18 Å². The number of carbonyl (C=O) groups is 1. The number of alkyl halides is 3. The number of hydrogen-bond acceptors (Lipinski definition) is 2. The molecule has 0 atom stereocenters. The lowest BCUT2D eigenvalue weighted by Crippen LogP contribution is -2.18. The van der Waals surface area contributed by atoms with Crippen molar-refractivity contribution >= 4 is 11.6 Å². The van der Waals surface area contributed by atoms with Crippen molar-refractivity contribution in [1.82, 2.24) is 0 Å². The van der Waals surface area contributed by atoms with Gasteiger partial charge < -0.3 is 11.5 Å². The van der Waals surface area contributed by atoms with Crippen LogP contribution in [0.5, 0.6) is 0 Å². The predicted molar refractivity (Wildman–Crippen MR) is 44.3 cm³/mol. The number of primary amides is 1. The van der Waals surface area contributed by atoms with Gasteiger partial charge >= 0.3 is 6.18 Å². The molecule has 0 spiro atoms. The van der Waals surface area contributed by atoms with E-state index in [1.165, 1.54) is 0 Å². The Morgan fingerprint density at radius 2 is 1.80 bits per heavy atom. The first-order valence-corrected chi connectivity index (χ1v) is 3.69. The molecule has 1 rings (SSSR count). The molecule has 0 fully saturated rings. The number of hydrogen-bond donors (Lipinski definition) is 2. The molecule has 4 N–H and O–H groups in total. The number of carbonyl (C=O) groups excluding carboxylic acids is 1. The van der Waals surface area contributed by atoms with E-state index >= 15 is 0 Å². The fourth-order valence-corrected chi connectivity index (χ4v) is 1.06. The number of amides is 1. The van der Waals surface area contributed by atoms with Crippen LogP contribution in [0, 0.1) is 5.82 Å². The zero-order valence-electron chi connectivity index (χ0n) is 7.23. The molecule has 3 nitrogen and oxygen atoms in total. The van der Waals surface area contributed by atoms with Crippen molar-refractivity contribution in [2.24, 2.45) is 5.73 Å². The molecule has 0 unspecified atom stereocenters. The topological polar surface area (TPSA) is 69.1 Å². The van der Waals surface area contributed by atoms with Crippen molar-refractivity contribution in [3.05, 3.63) is 29.1 Å². The van der Waals surface area contributed by atoms with Crippen LogP contribution in [0.1, 0.15) is 15.9 Å². The van der Waals surface area contributed by atoms with Crippen molar-refractivity contribution in [3.63, 3.8) is 0 Å². The molecule has 7 heteroatoms. The van der Waals surface area contributed by atoms with Crippen LogP contribution in [0.4, 0.5) is 23.2 Å². The molecule has 0 saturated carbocycles. The molecule has 1 aromatic carbocycles. The quantitative estimate of drug-likeness (QED) is 0.558. The number of anilines is 1. The minimum atomic E-state index is -4.82. The van der Waals surface area contributed by atoms with Gasteiger partial charge in [0.15, 0.2) is 0 Å². The average Bonchev–Trinajstić information content (AvgIpc) is 2.06. The highest BCUT2D eigenvalue weighted by Crippen LogP contribution is 2.35. The molecule has 1 aromatic rings. The van der Waals surface area contributed by atoms with E-state index in [2.05, 4.69) is 0 Å². The van der Waals surface area contributed by atoms with Gasteiger partial charge in [0, 0.05) is 0 Å². The zero-order valence-corrected chi connectivity index (χ0v) is 7.23. The van der Waals surface area contributed by atoms with E-state index < -0.39 is 34.7 Å². The van der Waals surface area contributed by atoms with E-state index in [9.17, 15) is 22.4 Å². The lowest BCUT2D eigenvalue weighted by molar-refractivity contribution is -0.137. The Balaban J connectivity index is 3.49. The van der Waals surface area contributed by atoms with Crippen molar-refractivity contribution in [3.8, 4) is 0 Å². The van der Waals surface area contributed by atoms with Crippen LogP contribution >= 0.6 is 0 Å². The Kier molecular flexibility index (Phi) is 2.57. The van der Waals surface area contributed by atoms with E-state index in [4.69, 9.17) is 11.5 Å². The number of halogens is 4. The molecule has 0 aromatic heterocycles. The Hall–Kier alpha value is -1.79. The summed E-state index contributed by atoms with van der Waals surface area (Å²) in [5.41, 5.74) is 6.85. The fourth-order valence-electron chi connectivity index (χ4n) is 1.06. The van der Waals surface area contributed by atoms with E-state index in [1.807, 2.05) is 0 Å². The highest BCUT2D eigenvalue weighted by molar-refractivity contribution is 5.98. The first-order chi connectivity index (χ1) is 6.73.